The van der Waals surface area contributed by atoms with Gasteiger partial charge in [-0.25, -0.2) is 13.6 Å². The summed E-state index contributed by atoms with van der Waals surface area (Å²) in [6.07, 6.45) is -2.99. The maximum Gasteiger partial charge on any atom is 0.378 e. The maximum absolute atomic E-state index is 12.5. The lowest BCUT2D eigenvalue weighted by Gasteiger charge is -2.05. The molecule has 18 heavy (non-hydrogen) atoms. The number of carbonyl (C=O) groups excluding carboxylic acids is 1. The fraction of sp³-hybridized carbons (Fsp3) is 0.333. The van der Waals surface area contributed by atoms with Crippen LogP contribution in [0.4, 0.5) is 14.6 Å². The molecule has 0 saturated carbocycles. The van der Waals surface area contributed by atoms with Gasteiger partial charge in [-0.05, 0) is 38.8 Å². The minimum absolute atomic E-state index is 0.00417. The molecule has 1 aromatic rings. The van der Waals surface area contributed by atoms with E-state index in [-0.39, 0.29) is 11.1 Å². The Bertz CT molecular complexity index is 496. The third-order valence-corrected chi connectivity index (χ3v) is 2.49. The van der Waals surface area contributed by atoms with E-state index >= 15 is 0 Å². The van der Waals surface area contributed by atoms with Gasteiger partial charge in [0.15, 0.2) is 5.56 Å². The molecule has 1 heterocycles. The number of carbonyl (C=O) groups is 1. The van der Waals surface area contributed by atoms with Crippen molar-refractivity contribution in [3.8, 4) is 0 Å². The lowest BCUT2D eigenvalue weighted by molar-refractivity contribution is -0.390. The van der Waals surface area contributed by atoms with E-state index in [4.69, 9.17) is 0 Å². The van der Waals surface area contributed by atoms with Crippen molar-refractivity contribution < 1.29 is 23.2 Å². The molecule has 0 bridgehead atoms. The SMILES string of the molecule is CCOC(=O)c1cc(Br)c(C(F)F)nc1[N+](=O)[O-]. The van der Waals surface area contributed by atoms with E-state index in [0.717, 1.165) is 6.07 Å². The topological polar surface area (TPSA) is 82.3 Å². The van der Waals surface area contributed by atoms with Gasteiger partial charge < -0.3 is 14.9 Å². The first-order chi connectivity index (χ1) is 8.38. The third-order valence-electron chi connectivity index (χ3n) is 1.86. The Morgan fingerprint density at radius 1 is 1.67 bits per heavy atom. The molecule has 0 aliphatic carbocycles. The molecule has 0 N–H and O–H groups in total. The van der Waals surface area contributed by atoms with Gasteiger partial charge in [-0.1, -0.05) is 0 Å². The van der Waals surface area contributed by atoms with Gasteiger partial charge >= 0.3 is 18.2 Å². The minimum atomic E-state index is -2.99. The standard InChI is InChI=1S/C9H7BrF2N2O4/c1-2-18-9(15)4-3-5(10)6(7(11)12)13-8(4)14(16)17/h3,7H,2H2,1H3. The largest absolute Gasteiger partial charge is 0.462 e. The Balaban J connectivity index is 3.38. The molecule has 0 unspecified atom stereocenters. The van der Waals surface area contributed by atoms with Crippen molar-refractivity contribution in [2.45, 2.75) is 13.3 Å². The average Bonchev–Trinajstić information content (AvgIpc) is 2.27. The maximum atomic E-state index is 12.5. The lowest BCUT2D eigenvalue weighted by atomic mass is 10.2. The third kappa shape index (κ3) is 2.97. The number of nitro groups is 1. The Hall–Kier alpha value is -1.64. The number of aromatic nitrogens is 1. The van der Waals surface area contributed by atoms with Crippen LogP contribution in [0.5, 0.6) is 0 Å². The number of hydrogen-bond donors (Lipinski definition) is 0. The summed E-state index contributed by atoms with van der Waals surface area (Å²) in [7, 11) is 0. The van der Waals surface area contributed by atoms with Crippen molar-refractivity contribution in [3.05, 3.63) is 31.9 Å². The van der Waals surface area contributed by atoms with Crippen molar-refractivity contribution in [1.29, 1.82) is 0 Å². The molecule has 0 atom stereocenters. The fourth-order valence-corrected chi connectivity index (χ4v) is 1.63. The molecule has 0 aliphatic rings. The second-order valence-corrected chi connectivity index (χ2v) is 3.86. The van der Waals surface area contributed by atoms with Crippen LogP contribution >= 0.6 is 15.9 Å². The monoisotopic (exact) mass is 324 g/mol. The number of rotatable bonds is 4. The smallest absolute Gasteiger partial charge is 0.378 e. The number of esters is 1. The van der Waals surface area contributed by atoms with Gasteiger partial charge in [-0.15, -0.1) is 0 Å². The summed E-state index contributed by atoms with van der Waals surface area (Å²) >= 11 is 2.78. The Labute approximate surface area is 108 Å². The molecule has 0 saturated heterocycles. The van der Waals surface area contributed by atoms with Crippen molar-refractivity contribution in [3.63, 3.8) is 0 Å². The van der Waals surface area contributed by atoms with Crippen LogP contribution in [0, 0.1) is 10.1 Å². The molecular weight excluding hydrogens is 318 g/mol. The summed E-state index contributed by atoms with van der Waals surface area (Å²) in [5.74, 6) is -1.94. The van der Waals surface area contributed by atoms with Gasteiger partial charge in [-0.2, -0.15) is 0 Å². The number of halogens is 3. The van der Waals surface area contributed by atoms with Crippen molar-refractivity contribution in [2.24, 2.45) is 0 Å². The molecule has 0 amide bonds. The summed E-state index contributed by atoms with van der Waals surface area (Å²) in [4.78, 5) is 24.3. The molecule has 1 rings (SSSR count). The van der Waals surface area contributed by atoms with E-state index in [1.54, 1.807) is 0 Å². The van der Waals surface area contributed by atoms with E-state index in [1.165, 1.54) is 6.92 Å². The first-order valence-electron chi connectivity index (χ1n) is 4.68. The minimum Gasteiger partial charge on any atom is -0.462 e. The summed E-state index contributed by atoms with van der Waals surface area (Å²) in [6.45, 7) is 1.52. The van der Waals surface area contributed by atoms with Gasteiger partial charge in [0.1, 0.15) is 0 Å². The molecule has 0 spiro atoms. The summed E-state index contributed by atoms with van der Waals surface area (Å²) < 4.78 is 29.4. The van der Waals surface area contributed by atoms with E-state index in [2.05, 4.69) is 25.7 Å². The molecule has 0 aliphatic heterocycles. The highest BCUT2D eigenvalue weighted by Gasteiger charge is 2.30. The molecule has 98 valence electrons. The highest BCUT2D eigenvalue weighted by molar-refractivity contribution is 9.10. The van der Waals surface area contributed by atoms with Crippen LogP contribution in [0.2, 0.25) is 0 Å². The summed E-state index contributed by atoms with van der Waals surface area (Å²) in [5, 5.41) is 10.7. The van der Waals surface area contributed by atoms with Gasteiger partial charge in [0.05, 0.1) is 11.1 Å². The second-order valence-electron chi connectivity index (χ2n) is 3.00. The van der Waals surface area contributed by atoms with Crippen molar-refractivity contribution >= 4 is 27.7 Å². The quantitative estimate of drug-likeness (QED) is 0.483. The normalized spacial score (nSPS) is 10.5. The predicted octanol–water partition coefficient (Wildman–Crippen LogP) is 2.87. The van der Waals surface area contributed by atoms with Crippen molar-refractivity contribution in [2.75, 3.05) is 6.61 Å². The number of nitrogens with zero attached hydrogens (tertiary/aromatic N) is 2. The molecule has 1 aromatic heterocycles. The van der Waals surface area contributed by atoms with Crippen LogP contribution in [0.15, 0.2) is 10.5 Å². The van der Waals surface area contributed by atoms with Gasteiger partial charge in [0.2, 0.25) is 5.69 Å². The second kappa shape index (κ2) is 5.80. The number of pyridine rings is 1. The zero-order chi connectivity index (χ0) is 13.9. The molecular formula is C9H7BrF2N2O4. The first kappa shape index (κ1) is 14.4. The number of alkyl halides is 2. The lowest BCUT2D eigenvalue weighted by Crippen LogP contribution is -2.11. The fourth-order valence-electron chi connectivity index (χ4n) is 1.14. The molecule has 9 heteroatoms. The van der Waals surface area contributed by atoms with Gasteiger partial charge in [0.25, 0.3) is 0 Å². The van der Waals surface area contributed by atoms with Crippen LogP contribution in [0.1, 0.15) is 29.4 Å². The van der Waals surface area contributed by atoms with Crippen LogP contribution in [0.25, 0.3) is 0 Å². The Morgan fingerprint density at radius 3 is 2.72 bits per heavy atom. The average molecular weight is 325 g/mol. The zero-order valence-electron chi connectivity index (χ0n) is 9.02. The molecule has 0 fully saturated rings. The van der Waals surface area contributed by atoms with E-state index < -0.39 is 34.4 Å². The predicted molar refractivity (Wildman–Crippen MR) is 59.5 cm³/mol. The summed E-state index contributed by atoms with van der Waals surface area (Å²) in [5.41, 5.74) is -1.27. The van der Waals surface area contributed by atoms with Crippen LogP contribution < -0.4 is 0 Å². The zero-order valence-corrected chi connectivity index (χ0v) is 10.6. The van der Waals surface area contributed by atoms with E-state index in [1.807, 2.05) is 0 Å². The van der Waals surface area contributed by atoms with Gasteiger partial charge in [0, 0.05) is 0 Å². The van der Waals surface area contributed by atoms with Gasteiger partial charge in [-0.3, -0.25) is 0 Å². The number of ether oxygens (including phenoxy) is 1. The Kier molecular flexibility index (Phi) is 4.65. The van der Waals surface area contributed by atoms with E-state index in [9.17, 15) is 23.7 Å². The van der Waals surface area contributed by atoms with Crippen LogP contribution in [-0.4, -0.2) is 22.5 Å². The Morgan fingerprint density at radius 2 is 2.28 bits per heavy atom. The number of hydrogen-bond acceptors (Lipinski definition) is 5. The molecule has 0 radical (unpaired) electrons. The van der Waals surface area contributed by atoms with Crippen LogP contribution in [-0.2, 0) is 4.74 Å². The highest BCUT2D eigenvalue weighted by Crippen LogP contribution is 2.30. The summed E-state index contributed by atoms with van der Waals surface area (Å²) in [6, 6.07) is 0.907. The van der Waals surface area contributed by atoms with Crippen molar-refractivity contribution in [1.82, 2.24) is 4.98 Å². The van der Waals surface area contributed by atoms with E-state index in [0.29, 0.717) is 0 Å². The van der Waals surface area contributed by atoms with Crippen LogP contribution in [0.3, 0.4) is 0 Å². The highest BCUT2D eigenvalue weighted by atomic mass is 79.9. The first-order valence-corrected chi connectivity index (χ1v) is 5.47. The molecule has 0 aromatic carbocycles. The molecule has 6 nitrogen and oxygen atoms in total.